The lowest BCUT2D eigenvalue weighted by atomic mass is 10.1. The topological polar surface area (TPSA) is 100 Å². The molecular weight excluding hydrogens is 400 g/mol. The van der Waals surface area contributed by atoms with Crippen molar-refractivity contribution >= 4 is 28.3 Å². The quantitative estimate of drug-likeness (QED) is 0.603. The van der Waals surface area contributed by atoms with Crippen LogP contribution in [0.5, 0.6) is 0 Å². The van der Waals surface area contributed by atoms with Gasteiger partial charge in [0, 0.05) is 43.3 Å². The van der Waals surface area contributed by atoms with Crippen molar-refractivity contribution in [2.45, 2.75) is 19.4 Å². The molecule has 0 spiro atoms. The first-order valence-corrected chi connectivity index (χ1v) is 10.6. The molecule has 0 saturated carbocycles. The first-order valence-electron chi connectivity index (χ1n) is 9.76. The number of nitrogens with one attached hydrogen (secondary N) is 2. The summed E-state index contributed by atoms with van der Waals surface area (Å²) in [6.07, 6.45) is 5.99. The van der Waals surface area contributed by atoms with Crippen LogP contribution in [0, 0.1) is 0 Å². The number of carbonyl (C=O) groups excluding carboxylic acids is 2. The first-order chi connectivity index (χ1) is 14.7. The zero-order valence-electron chi connectivity index (χ0n) is 16.4. The van der Waals surface area contributed by atoms with Crippen LogP contribution in [-0.2, 0) is 24.2 Å². The van der Waals surface area contributed by atoms with Gasteiger partial charge in [-0.25, -0.2) is 9.97 Å². The van der Waals surface area contributed by atoms with Crippen LogP contribution in [0.3, 0.4) is 0 Å². The average Bonchev–Trinajstić information content (AvgIpc) is 3.16. The molecule has 0 unspecified atom stereocenters. The molecule has 0 fully saturated rings. The van der Waals surface area contributed by atoms with Gasteiger partial charge in [0.25, 0.3) is 5.91 Å². The van der Waals surface area contributed by atoms with Crippen LogP contribution in [0.2, 0.25) is 0 Å². The second kappa shape index (κ2) is 9.55. The molecule has 0 atom stereocenters. The summed E-state index contributed by atoms with van der Waals surface area (Å²) >= 11 is 1.44. The van der Waals surface area contributed by atoms with Crippen molar-refractivity contribution < 1.29 is 9.59 Å². The van der Waals surface area contributed by atoms with Gasteiger partial charge in [-0.3, -0.25) is 24.8 Å². The second-order valence-corrected chi connectivity index (χ2v) is 8.06. The number of anilines is 1. The van der Waals surface area contributed by atoms with Gasteiger partial charge in [0.2, 0.25) is 5.91 Å². The zero-order chi connectivity index (χ0) is 20.8. The monoisotopic (exact) mass is 422 g/mol. The van der Waals surface area contributed by atoms with Gasteiger partial charge in [-0.2, -0.15) is 0 Å². The van der Waals surface area contributed by atoms with Crippen LogP contribution in [0.15, 0.2) is 48.9 Å². The maximum absolute atomic E-state index is 12.3. The molecule has 0 bridgehead atoms. The maximum Gasteiger partial charge on any atom is 0.277 e. The Bertz CT molecular complexity index is 1010. The number of aromatic nitrogens is 3. The molecule has 4 rings (SSSR count). The molecule has 8 nitrogen and oxygen atoms in total. The average molecular weight is 423 g/mol. The van der Waals surface area contributed by atoms with Crippen molar-refractivity contribution in [3.63, 3.8) is 0 Å². The standard InChI is InChI=1S/C21H22N6O2S/c28-19(24-8-6-15-4-2-1-3-5-15)14-27-11-7-16-18(13-27)30-21(25-16)26-20(29)17-12-22-9-10-23-17/h1-5,9-10,12H,6-8,11,13-14H2,(H,24,28)(H,25,26,29). The number of nitrogens with zero attached hydrogens (tertiary/aromatic N) is 4. The third kappa shape index (κ3) is 5.25. The Hall–Kier alpha value is -3.17. The zero-order valence-corrected chi connectivity index (χ0v) is 17.2. The minimum Gasteiger partial charge on any atom is -0.355 e. The van der Waals surface area contributed by atoms with Gasteiger partial charge in [0.15, 0.2) is 5.13 Å². The predicted molar refractivity (Wildman–Crippen MR) is 114 cm³/mol. The van der Waals surface area contributed by atoms with E-state index in [-0.39, 0.29) is 17.5 Å². The summed E-state index contributed by atoms with van der Waals surface area (Å²) in [5.41, 5.74) is 2.44. The normalized spacial score (nSPS) is 13.5. The van der Waals surface area contributed by atoms with E-state index in [1.807, 2.05) is 18.2 Å². The van der Waals surface area contributed by atoms with Gasteiger partial charge in [0.1, 0.15) is 5.69 Å². The molecular formula is C21H22N6O2S. The van der Waals surface area contributed by atoms with Gasteiger partial charge in [-0.15, -0.1) is 11.3 Å². The lowest BCUT2D eigenvalue weighted by Crippen LogP contribution is -2.40. The number of thiazole rings is 1. The fraction of sp³-hybridized carbons (Fsp3) is 0.286. The number of hydrogen-bond donors (Lipinski definition) is 2. The lowest BCUT2D eigenvalue weighted by Gasteiger charge is -2.25. The molecule has 1 aliphatic heterocycles. The first kappa shape index (κ1) is 20.1. The molecule has 154 valence electrons. The molecule has 9 heteroatoms. The molecule has 0 saturated heterocycles. The largest absolute Gasteiger partial charge is 0.355 e. The van der Waals surface area contributed by atoms with Gasteiger partial charge < -0.3 is 5.32 Å². The Balaban J connectivity index is 1.26. The smallest absolute Gasteiger partial charge is 0.277 e. The lowest BCUT2D eigenvalue weighted by molar-refractivity contribution is -0.122. The summed E-state index contributed by atoms with van der Waals surface area (Å²) < 4.78 is 0. The molecule has 2 aromatic heterocycles. The molecule has 0 radical (unpaired) electrons. The highest BCUT2D eigenvalue weighted by atomic mass is 32.1. The van der Waals surface area contributed by atoms with Crippen molar-refractivity contribution in [2.75, 3.05) is 25.0 Å². The summed E-state index contributed by atoms with van der Waals surface area (Å²) in [5, 5.41) is 6.32. The number of benzene rings is 1. The van der Waals surface area contributed by atoms with Gasteiger partial charge >= 0.3 is 0 Å². The molecule has 3 heterocycles. The second-order valence-electron chi connectivity index (χ2n) is 6.98. The van der Waals surface area contributed by atoms with Crippen LogP contribution in [0.25, 0.3) is 0 Å². The summed E-state index contributed by atoms with van der Waals surface area (Å²) in [4.78, 5) is 40.1. The minimum atomic E-state index is -0.330. The van der Waals surface area contributed by atoms with Crippen molar-refractivity contribution in [1.29, 1.82) is 0 Å². The highest BCUT2D eigenvalue weighted by molar-refractivity contribution is 7.15. The number of fused-ring (bicyclic) bond motifs is 1. The van der Waals surface area contributed by atoms with Crippen LogP contribution >= 0.6 is 11.3 Å². The van der Waals surface area contributed by atoms with E-state index in [4.69, 9.17) is 0 Å². The number of carbonyl (C=O) groups is 2. The molecule has 30 heavy (non-hydrogen) atoms. The van der Waals surface area contributed by atoms with Crippen molar-refractivity contribution in [1.82, 2.24) is 25.2 Å². The van der Waals surface area contributed by atoms with Crippen LogP contribution in [0.1, 0.15) is 26.6 Å². The van der Waals surface area contributed by atoms with E-state index >= 15 is 0 Å². The molecule has 3 aromatic rings. The fourth-order valence-electron chi connectivity index (χ4n) is 3.26. The van der Waals surface area contributed by atoms with E-state index < -0.39 is 0 Å². The predicted octanol–water partition coefficient (Wildman–Crippen LogP) is 1.90. The Morgan fingerprint density at radius 3 is 2.83 bits per heavy atom. The van der Waals surface area contributed by atoms with E-state index in [0.717, 1.165) is 30.0 Å². The Kier molecular flexibility index (Phi) is 6.41. The highest BCUT2D eigenvalue weighted by Crippen LogP contribution is 2.28. The van der Waals surface area contributed by atoms with Gasteiger partial charge in [0.05, 0.1) is 18.4 Å². The van der Waals surface area contributed by atoms with Crippen LogP contribution < -0.4 is 10.6 Å². The maximum atomic E-state index is 12.3. The summed E-state index contributed by atoms with van der Waals surface area (Å²) in [6.45, 7) is 2.40. The van der Waals surface area contributed by atoms with E-state index in [2.05, 4.69) is 42.6 Å². The summed E-state index contributed by atoms with van der Waals surface area (Å²) in [5.74, 6) is -0.307. The van der Waals surface area contributed by atoms with E-state index in [9.17, 15) is 9.59 Å². The number of hydrogen-bond acceptors (Lipinski definition) is 7. The number of rotatable bonds is 7. The molecule has 2 N–H and O–H groups in total. The van der Waals surface area contributed by atoms with E-state index in [0.29, 0.717) is 24.8 Å². The molecule has 2 amide bonds. The molecule has 1 aliphatic rings. The molecule has 1 aromatic carbocycles. The van der Waals surface area contributed by atoms with Gasteiger partial charge in [-0.05, 0) is 12.0 Å². The van der Waals surface area contributed by atoms with Crippen LogP contribution in [-0.4, -0.2) is 51.3 Å². The third-order valence-electron chi connectivity index (χ3n) is 4.77. The molecule has 0 aliphatic carbocycles. The highest BCUT2D eigenvalue weighted by Gasteiger charge is 2.23. The summed E-state index contributed by atoms with van der Waals surface area (Å²) in [7, 11) is 0. The summed E-state index contributed by atoms with van der Waals surface area (Å²) in [6, 6.07) is 10.1. The van der Waals surface area contributed by atoms with Crippen LogP contribution in [0.4, 0.5) is 5.13 Å². The fourth-order valence-corrected chi connectivity index (χ4v) is 4.31. The van der Waals surface area contributed by atoms with E-state index in [1.54, 1.807) is 0 Å². The SMILES string of the molecule is O=C(CN1CCc2nc(NC(=O)c3cnccn3)sc2C1)NCCc1ccccc1. The van der Waals surface area contributed by atoms with Crippen molar-refractivity contribution in [3.8, 4) is 0 Å². The third-order valence-corrected chi connectivity index (χ3v) is 5.77. The van der Waals surface area contributed by atoms with Crippen molar-refractivity contribution in [2.24, 2.45) is 0 Å². The number of amides is 2. The Labute approximate surface area is 178 Å². The van der Waals surface area contributed by atoms with Gasteiger partial charge in [-0.1, -0.05) is 30.3 Å². The van der Waals surface area contributed by atoms with Crippen molar-refractivity contribution in [3.05, 3.63) is 70.8 Å². The minimum absolute atomic E-state index is 0.0232. The van der Waals surface area contributed by atoms with E-state index in [1.165, 1.54) is 35.5 Å². The Morgan fingerprint density at radius 2 is 2.03 bits per heavy atom. The Morgan fingerprint density at radius 1 is 1.17 bits per heavy atom.